The van der Waals surface area contributed by atoms with Crippen LogP contribution in [0.1, 0.15) is 0 Å². The Balaban J connectivity index is 3.96. The van der Waals surface area contributed by atoms with Gasteiger partial charge in [0.05, 0.1) is 6.61 Å². The van der Waals surface area contributed by atoms with Crippen molar-refractivity contribution in [2.45, 2.75) is 18.3 Å². The van der Waals surface area contributed by atoms with Gasteiger partial charge >= 0.3 is 0 Å². The van der Waals surface area contributed by atoms with E-state index in [1.165, 1.54) is 7.11 Å². The van der Waals surface area contributed by atoms with Crippen LogP contribution < -0.4 is 0 Å². The third-order valence-electron chi connectivity index (χ3n) is 1.32. The Morgan fingerprint density at radius 1 is 1.55 bits per heavy atom. The fourth-order valence-electron chi connectivity index (χ4n) is 0.602. The molecule has 11 heavy (non-hydrogen) atoms. The molecule has 3 N–H and O–H groups in total. The number of aldehydes is 1. The van der Waals surface area contributed by atoms with Gasteiger partial charge in [-0.1, -0.05) is 0 Å². The summed E-state index contributed by atoms with van der Waals surface area (Å²) in [5.74, 6) is 0. The average molecular weight is 164 g/mol. The van der Waals surface area contributed by atoms with Gasteiger partial charge in [-0.2, -0.15) is 0 Å². The van der Waals surface area contributed by atoms with Crippen molar-refractivity contribution in [3.05, 3.63) is 0 Å². The number of methoxy groups -OCH3 is 1. The molecular weight excluding hydrogens is 152 g/mol. The van der Waals surface area contributed by atoms with E-state index in [9.17, 15) is 4.79 Å². The second-order valence-electron chi connectivity index (χ2n) is 2.08. The van der Waals surface area contributed by atoms with E-state index in [4.69, 9.17) is 15.3 Å². The third kappa shape index (κ3) is 2.94. The van der Waals surface area contributed by atoms with Gasteiger partial charge in [0.2, 0.25) is 0 Å². The molecule has 0 rings (SSSR count). The lowest BCUT2D eigenvalue weighted by Crippen LogP contribution is -2.41. The summed E-state index contributed by atoms with van der Waals surface area (Å²) in [6, 6.07) is 0. The zero-order valence-corrected chi connectivity index (χ0v) is 6.17. The van der Waals surface area contributed by atoms with E-state index < -0.39 is 24.9 Å². The first kappa shape index (κ1) is 10.5. The Bertz CT molecular complexity index is 116. The number of hydrogen-bond acceptors (Lipinski definition) is 5. The van der Waals surface area contributed by atoms with Crippen LogP contribution in [0.25, 0.3) is 0 Å². The Kier molecular flexibility index (Phi) is 4.97. The number of aliphatic hydroxyl groups excluding tert-OH is 3. The molecule has 66 valence electrons. The zero-order chi connectivity index (χ0) is 8.85. The molecule has 0 aliphatic carbocycles. The van der Waals surface area contributed by atoms with E-state index in [0.29, 0.717) is 6.29 Å². The Hall–Kier alpha value is -0.490. The van der Waals surface area contributed by atoms with Crippen molar-refractivity contribution in [1.29, 1.82) is 0 Å². The predicted octanol–water partition coefficient (Wildman–Crippen LogP) is -2.09. The molecule has 3 atom stereocenters. The molecule has 0 aromatic rings. The lowest BCUT2D eigenvalue weighted by atomic mass is 10.1. The molecule has 0 aliphatic heterocycles. The first-order chi connectivity index (χ1) is 5.17. The first-order valence-corrected chi connectivity index (χ1v) is 3.12. The molecule has 0 unspecified atom stereocenters. The van der Waals surface area contributed by atoms with Crippen molar-refractivity contribution in [3.63, 3.8) is 0 Å². The van der Waals surface area contributed by atoms with Crippen molar-refractivity contribution in [2.24, 2.45) is 0 Å². The fourth-order valence-corrected chi connectivity index (χ4v) is 0.602. The highest BCUT2D eigenvalue weighted by molar-refractivity contribution is 5.57. The minimum atomic E-state index is -1.37. The molecule has 0 spiro atoms. The molecule has 0 saturated carbocycles. The van der Waals surface area contributed by atoms with Crippen LogP contribution in [0, 0.1) is 0 Å². The third-order valence-corrected chi connectivity index (χ3v) is 1.32. The summed E-state index contributed by atoms with van der Waals surface area (Å²) in [5, 5.41) is 26.2. The van der Waals surface area contributed by atoms with E-state index in [2.05, 4.69) is 4.74 Å². The number of carbonyl (C=O) groups is 1. The van der Waals surface area contributed by atoms with Gasteiger partial charge in [-0.05, 0) is 0 Å². The monoisotopic (exact) mass is 164 g/mol. The van der Waals surface area contributed by atoms with Gasteiger partial charge in [-0.25, -0.2) is 0 Å². The molecule has 0 aromatic heterocycles. The van der Waals surface area contributed by atoms with Crippen molar-refractivity contribution in [3.8, 4) is 0 Å². The number of ether oxygens (including phenoxy) is 1. The van der Waals surface area contributed by atoms with E-state index in [-0.39, 0.29) is 0 Å². The van der Waals surface area contributed by atoms with E-state index in [1.807, 2.05) is 0 Å². The maximum absolute atomic E-state index is 10.1. The number of hydrogen-bond donors (Lipinski definition) is 3. The Morgan fingerprint density at radius 3 is 2.36 bits per heavy atom. The molecule has 0 fully saturated rings. The molecule has 5 heteroatoms. The van der Waals surface area contributed by atoms with Crippen LogP contribution in [0.2, 0.25) is 0 Å². The van der Waals surface area contributed by atoms with Crippen LogP contribution in [0.15, 0.2) is 0 Å². The maximum atomic E-state index is 10.1. The van der Waals surface area contributed by atoms with Crippen molar-refractivity contribution >= 4 is 6.29 Å². The molecule has 0 radical (unpaired) electrons. The smallest absolute Gasteiger partial charge is 0.151 e. The minimum absolute atomic E-state index is 0.365. The summed E-state index contributed by atoms with van der Waals surface area (Å²) in [5.41, 5.74) is 0. The summed E-state index contributed by atoms with van der Waals surface area (Å²) in [6.07, 6.45) is -3.44. The van der Waals surface area contributed by atoms with Crippen LogP contribution >= 0.6 is 0 Å². The van der Waals surface area contributed by atoms with E-state index in [0.717, 1.165) is 0 Å². The predicted molar refractivity (Wildman–Crippen MR) is 36.0 cm³/mol. The lowest BCUT2D eigenvalue weighted by molar-refractivity contribution is -0.131. The van der Waals surface area contributed by atoms with Gasteiger partial charge in [-0.3, -0.25) is 0 Å². The lowest BCUT2D eigenvalue weighted by Gasteiger charge is -2.19. The fraction of sp³-hybridized carbons (Fsp3) is 0.833. The summed E-state index contributed by atoms with van der Waals surface area (Å²) in [7, 11) is 1.23. The second kappa shape index (κ2) is 5.20. The van der Waals surface area contributed by atoms with E-state index >= 15 is 0 Å². The molecule has 5 nitrogen and oxygen atoms in total. The Labute approximate surface area is 64.2 Å². The van der Waals surface area contributed by atoms with Crippen molar-refractivity contribution in [1.82, 2.24) is 0 Å². The van der Waals surface area contributed by atoms with Gasteiger partial charge in [0.25, 0.3) is 0 Å². The number of carbonyl (C=O) groups excluding carboxylic acids is 1. The second-order valence-corrected chi connectivity index (χ2v) is 2.08. The molecular formula is C6H12O5. The number of rotatable bonds is 5. The van der Waals surface area contributed by atoms with Crippen LogP contribution in [-0.4, -0.2) is 53.6 Å². The minimum Gasteiger partial charge on any atom is -0.394 e. The SMILES string of the molecule is CO[C@@H](C=O)[C@@H](O)[C@@H](O)CO. The zero-order valence-electron chi connectivity index (χ0n) is 6.17. The van der Waals surface area contributed by atoms with Gasteiger partial charge in [0, 0.05) is 7.11 Å². The van der Waals surface area contributed by atoms with Crippen LogP contribution in [0.5, 0.6) is 0 Å². The van der Waals surface area contributed by atoms with Gasteiger partial charge in [0.1, 0.15) is 18.3 Å². The normalized spacial score (nSPS) is 18.9. The molecule has 0 amide bonds. The van der Waals surface area contributed by atoms with Gasteiger partial charge in [-0.15, -0.1) is 0 Å². The molecule has 0 aromatic carbocycles. The maximum Gasteiger partial charge on any atom is 0.151 e. The van der Waals surface area contributed by atoms with Crippen LogP contribution in [0.3, 0.4) is 0 Å². The van der Waals surface area contributed by atoms with E-state index in [1.54, 1.807) is 0 Å². The van der Waals surface area contributed by atoms with Crippen LogP contribution in [-0.2, 0) is 9.53 Å². The molecule has 0 aliphatic rings. The topological polar surface area (TPSA) is 87.0 Å². The molecule has 0 heterocycles. The number of aliphatic hydroxyl groups is 3. The largest absolute Gasteiger partial charge is 0.394 e. The Morgan fingerprint density at radius 2 is 2.09 bits per heavy atom. The highest BCUT2D eigenvalue weighted by atomic mass is 16.5. The summed E-state index contributed by atoms with van der Waals surface area (Å²) in [4.78, 5) is 10.1. The quantitative estimate of drug-likeness (QED) is 0.406. The van der Waals surface area contributed by atoms with Gasteiger partial charge in [0.15, 0.2) is 6.29 Å². The van der Waals surface area contributed by atoms with Gasteiger partial charge < -0.3 is 24.9 Å². The van der Waals surface area contributed by atoms with Crippen molar-refractivity contribution < 1.29 is 24.9 Å². The highest BCUT2D eigenvalue weighted by Crippen LogP contribution is 2.00. The first-order valence-electron chi connectivity index (χ1n) is 3.12. The van der Waals surface area contributed by atoms with Crippen LogP contribution in [0.4, 0.5) is 0 Å². The summed E-state index contributed by atoms with van der Waals surface area (Å²) in [6.45, 7) is -0.602. The molecule has 0 saturated heterocycles. The van der Waals surface area contributed by atoms with Crippen molar-refractivity contribution in [2.75, 3.05) is 13.7 Å². The summed E-state index contributed by atoms with van der Waals surface area (Å²) >= 11 is 0. The average Bonchev–Trinajstić information content (AvgIpc) is 2.05. The highest BCUT2D eigenvalue weighted by Gasteiger charge is 2.24. The summed E-state index contributed by atoms with van der Waals surface area (Å²) < 4.78 is 4.50. The standard InChI is InChI=1S/C6H12O5/c1-11-5(3-8)6(10)4(9)2-7/h3-7,9-10H,2H2,1H3/t4-,5-,6-/m0/s1. The molecule has 0 bridgehead atoms.